The maximum atomic E-state index is 13.2. The SMILES string of the molecule is CCCCCCCCCCCCCCCCCCCC(=O)OC[C@H](COP(=O)(O)OC[C@@H](O)COP(=O)(O)OC[C@@H](COC(=O)CCCCCCCCCCC(C)CC)OC(=O)CCCCCCCCCCCCC(C)CC)OC(=O)CCCCCCCCCCCCCCCCCCCCC(C)CC. The van der Waals surface area contributed by atoms with E-state index in [1.54, 1.807) is 0 Å². The molecule has 5 unspecified atom stereocenters. The molecule has 0 aromatic carbocycles. The number of carbonyl (C=O) groups excluding carboxylic acids is 4. The molecule has 0 saturated carbocycles. The van der Waals surface area contributed by atoms with Crippen LogP contribution in [-0.4, -0.2) is 96.7 Å². The summed E-state index contributed by atoms with van der Waals surface area (Å²) < 4.78 is 68.9. The van der Waals surface area contributed by atoms with Crippen molar-refractivity contribution in [2.75, 3.05) is 39.6 Å². The molecular formula is C86H168O17P2. The van der Waals surface area contributed by atoms with Crippen molar-refractivity contribution < 1.29 is 80.2 Å². The van der Waals surface area contributed by atoms with Crippen molar-refractivity contribution in [3.05, 3.63) is 0 Å². The van der Waals surface area contributed by atoms with E-state index in [0.717, 1.165) is 108 Å². The Hall–Kier alpha value is -1.94. The van der Waals surface area contributed by atoms with Crippen molar-refractivity contribution in [3.8, 4) is 0 Å². The van der Waals surface area contributed by atoms with Gasteiger partial charge in [0.05, 0.1) is 26.4 Å². The van der Waals surface area contributed by atoms with E-state index in [2.05, 4.69) is 48.5 Å². The lowest BCUT2D eigenvalue weighted by Crippen LogP contribution is -2.30. The third kappa shape index (κ3) is 75.9. The molecule has 0 aliphatic heterocycles. The number of unbranched alkanes of at least 4 members (excludes halogenated alkanes) is 49. The Morgan fingerprint density at radius 1 is 0.267 bits per heavy atom. The smallest absolute Gasteiger partial charge is 0.462 e. The van der Waals surface area contributed by atoms with Gasteiger partial charge in [-0.1, -0.05) is 402 Å². The second-order valence-electron chi connectivity index (χ2n) is 31.7. The first-order chi connectivity index (χ1) is 50.8. The minimum atomic E-state index is -4.97. The normalized spacial score (nSPS) is 14.6. The standard InChI is InChI=1S/C86H168O17P2/c1-8-12-13-14-15-16-17-18-19-22-26-29-32-38-46-53-60-67-83(88)96-73-81(102-85(90)69-62-55-48-39-33-30-27-24-21-20-23-25-28-31-36-43-50-57-64-77(5)9-2)75-100-104(92,93)98-71-80(87)72-99-105(94,95)101-76-82(74-97-84(89)68-61-54-47-42-41-45-52-59-66-79(7)11-4)103-86(91)70-63-56-49-40-35-34-37-44-51-58-65-78(6)10-3/h77-82,87H,8-76H2,1-7H3,(H,92,93)(H,94,95)/t77?,78?,79?,80-,81-,82-/m1/s1. The Kier molecular flexibility index (Phi) is 74.7. The molecule has 0 rings (SSSR count). The third-order valence-corrected chi connectivity index (χ3v) is 23.1. The van der Waals surface area contributed by atoms with Gasteiger partial charge in [0.2, 0.25) is 0 Å². The van der Waals surface area contributed by atoms with Gasteiger partial charge in [-0.2, -0.15) is 0 Å². The van der Waals surface area contributed by atoms with E-state index in [1.165, 1.54) is 263 Å². The van der Waals surface area contributed by atoms with Crippen LogP contribution in [-0.2, 0) is 65.4 Å². The zero-order valence-electron chi connectivity index (χ0n) is 69.2. The minimum Gasteiger partial charge on any atom is -0.462 e. The summed E-state index contributed by atoms with van der Waals surface area (Å²) in [5.74, 6) is 0.347. The number of rotatable bonds is 84. The number of aliphatic hydroxyl groups is 1. The predicted octanol–water partition coefficient (Wildman–Crippen LogP) is 26.1. The van der Waals surface area contributed by atoms with Gasteiger partial charge in [-0.25, -0.2) is 9.13 Å². The van der Waals surface area contributed by atoms with Crippen LogP contribution in [0.1, 0.15) is 453 Å². The van der Waals surface area contributed by atoms with E-state index >= 15 is 0 Å². The van der Waals surface area contributed by atoms with Gasteiger partial charge in [0.15, 0.2) is 12.2 Å². The maximum absolute atomic E-state index is 13.2. The number of carbonyl (C=O) groups is 4. The lowest BCUT2D eigenvalue weighted by atomic mass is 9.99. The highest BCUT2D eigenvalue weighted by Crippen LogP contribution is 2.45. The topological polar surface area (TPSA) is 237 Å². The van der Waals surface area contributed by atoms with Crippen LogP contribution in [0, 0.1) is 17.8 Å². The predicted molar refractivity (Wildman–Crippen MR) is 432 cm³/mol. The third-order valence-electron chi connectivity index (χ3n) is 21.2. The number of phosphoric acid groups is 2. The minimum absolute atomic E-state index is 0.106. The summed E-state index contributed by atoms with van der Waals surface area (Å²) >= 11 is 0. The average molecular weight is 1540 g/mol. The molecule has 105 heavy (non-hydrogen) atoms. The quantitative estimate of drug-likeness (QED) is 0.0222. The van der Waals surface area contributed by atoms with Crippen LogP contribution >= 0.6 is 15.6 Å². The van der Waals surface area contributed by atoms with Crippen molar-refractivity contribution in [2.45, 2.75) is 471 Å². The first kappa shape index (κ1) is 103. The highest BCUT2D eigenvalue weighted by Gasteiger charge is 2.31. The largest absolute Gasteiger partial charge is 0.472 e. The highest BCUT2D eigenvalue weighted by atomic mass is 31.2. The molecule has 8 atom stereocenters. The van der Waals surface area contributed by atoms with Gasteiger partial charge in [0, 0.05) is 25.7 Å². The van der Waals surface area contributed by atoms with Crippen LogP contribution in [0.2, 0.25) is 0 Å². The molecule has 0 aromatic heterocycles. The molecule has 0 fully saturated rings. The summed E-state index contributed by atoms with van der Waals surface area (Å²) in [7, 11) is -9.93. The summed E-state index contributed by atoms with van der Waals surface area (Å²) in [6.07, 6.45) is 66.5. The number of esters is 4. The van der Waals surface area contributed by atoms with E-state index in [4.69, 9.17) is 37.0 Å². The molecule has 0 heterocycles. The van der Waals surface area contributed by atoms with Crippen molar-refractivity contribution in [1.82, 2.24) is 0 Å². The van der Waals surface area contributed by atoms with Crippen molar-refractivity contribution in [2.24, 2.45) is 17.8 Å². The Morgan fingerprint density at radius 2 is 0.457 bits per heavy atom. The Morgan fingerprint density at radius 3 is 0.676 bits per heavy atom. The van der Waals surface area contributed by atoms with Gasteiger partial charge in [-0.15, -0.1) is 0 Å². The first-order valence-corrected chi connectivity index (χ1v) is 47.5. The number of hydrogen-bond donors (Lipinski definition) is 3. The van der Waals surface area contributed by atoms with Crippen LogP contribution in [0.5, 0.6) is 0 Å². The lowest BCUT2D eigenvalue weighted by Gasteiger charge is -2.21. The monoisotopic (exact) mass is 1540 g/mol. The molecule has 624 valence electrons. The molecule has 0 saturated heterocycles. The van der Waals surface area contributed by atoms with Crippen LogP contribution in [0.15, 0.2) is 0 Å². The van der Waals surface area contributed by atoms with Crippen molar-refractivity contribution >= 4 is 39.5 Å². The Bertz CT molecular complexity index is 2030. The fraction of sp³-hybridized carbons (Fsp3) is 0.953. The zero-order valence-corrected chi connectivity index (χ0v) is 71.0. The average Bonchev–Trinajstić information content (AvgIpc) is 0.972. The molecule has 0 bridgehead atoms. The van der Waals surface area contributed by atoms with Gasteiger partial charge < -0.3 is 33.8 Å². The van der Waals surface area contributed by atoms with Crippen LogP contribution in [0.4, 0.5) is 0 Å². The second kappa shape index (κ2) is 76.1. The number of ether oxygens (including phenoxy) is 4. The summed E-state index contributed by atoms with van der Waals surface area (Å²) in [6, 6.07) is 0. The van der Waals surface area contributed by atoms with E-state index in [9.17, 15) is 43.2 Å². The Balaban J connectivity index is 5.25. The van der Waals surface area contributed by atoms with E-state index in [-0.39, 0.29) is 25.7 Å². The molecule has 0 radical (unpaired) electrons. The molecular weight excluding hydrogens is 1370 g/mol. The van der Waals surface area contributed by atoms with E-state index in [1.807, 2.05) is 0 Å². The zero-order chi connectivity index (χ0) is 77.2. The van der Waals surface area contributed by atoms with Gasteiger partial charge in [0.1, 0.15) is 19.3 Å². The van der Waals surface area contributed by atoms with Crippen LogP contribution < -0.4 is 0 Å². The number of phosphoric ester groups is 2. The second-order valence-corrected chi connectivity index (χ2v) is 34.6. The van der Waals surface area contributed by atoms with Crippen LogP contribution in [0.3, 0.4) is 0 Å². The molecule has 0 aliphatic rings. The summed E-state index contributed by atoms with van der Waals surface area (Å²) in [4.78, 5) is 73.2. The number of aliphatic hydroxyl groups excluding tert-OH is 1. The van der Waals surface area contributed by atoms with Gasteiger partial charge in [0.25, 0.3) is 0 Å². The van der Waals surface area contributed by atoms with Gasteiger partial charge in [-0.05, 0) is 43.4 Å². The van der Waals surface area contributed by atoms with Gasteiger partial charge >= 0.3 is 39.5 Å². The van der Waals surface area contributed by atoms with Crippen molar-refractivity contribution in [3.63, 3.8) is 0 Å². The maximum Gasteiger partial charge on any atom is 0.472 e. The molecule has 0 spiro atoms. The molecule has 19 heteroatoms. The number of hydrogen-bond acceptors (Lipinski definition) is 15. The van der Waals surface area contributed by atoms with Crippen LogP contribution in [0.25, 0.3) is 0 Å². The summed E-state index contributed by atoms with van der Waals surface area (Å²) in [6.45, 7) is 12.1. The molecule has 0 aromatic rings. The fourth-order valence-corrected chi connectivity index (χ4v) is 14.9. The molecule has 3 N–H and O–H groups in total. The summed E-state index contributed by atoms with van der Waals surface area (Å²) in [5, 5.41) is 10.7. The fourth-order valence-electron chi connectivity index (χ4n) is 13.3. The van der Waals surface area contributed by atoms with Gasteiger partial charge in [-0.3, -0.25) is 37.3 Å². The highest BCUT2D eigenvalue weighted by molar-refractivity contribution is 7.47. The summed E-state index contributed by atoms with van der Waals surface area (Å²) in [5.41, 5.74) is 0. The van der Waals surface area contributed by atoms with E-state index < -0.39 is 97.5 Å². The van der Waals surface area contributed by atoms with Crippen molar-refractivity contribution in [1.29, 1.82) is 0 Å². The lowest BCUT2D eigenvalue weighted by molar-refractivity contribution is -0.161. The Labute approximate surface area is 645 Å². The van der Waals surface area contributed by atoms with E-state index in [0.29, 0.717) is 25.7 Å². The molecule has 17 nitrogen and oxygen atoms in total. The molecule has 0 amide bonds. The first-order valence-electron chi connectivity index (χ1n) is 44.5. The molecule has 0 aliphatic carbocycles.